The Hall–Kier alpha value is -2.35. The van der Waals surface area contributed by atoms with Crippen LogP contribution in [0.25, 0.3) is 0 Å². The topological polar surface area (TPSA) is 98.9 Å². The second-order valence-electron chi connectivity index (χ2n) is 7.11. The van der Waals surface area contributed by atoms with Crippen molar-refractivity contribution in [2.45, 2.75) is 51.2 Å². The molecule has 31 heavy (non-hydrogen) atoms. The number of hydrogen-bond donors (Lipinski definition) is 2. The van der Waals surface area contributed by atoms with E-state index in [0.29, 0.717) is 0 Å². The maximum Gasteiger partial charge on any atom is 0.490 e. The van der Waals surface area contributed by atoms with Gasteiger partial charge in [-0.2, -0.15) is 31.4 Å². The number of halogens is 6. The molecule has 0 radical (unpaired) electrons. The van der Waals surface area contributed by atoms with Crippen LogP contribution in [0.5, 0.6) is 0 Å². The van der Waals surface area contributed by atoms with Gasteiger partial charge in [0.05, 0.1) is 11.4 Å². The maximum absolute atomic E-state index is 10.6. The molecule has 3 rings (SSSR count). The predicted molar refractivity (Wildman–Crippen MR) is 94.9 cm³/mol. The largest absolute Gasteiger partial charge is 0.490 e. The van der Waals surface area contributed by atoms with Gasteiger partial charge < -0.3 is 10.2 Å². The van der Waals surface area contributed by atoms with E-state index in [0.717, 1.165) is 19.6 Å². The normalized spacial score (nSPS) is 17.2. The molecule has 0 atom stereocenters. The number of alkyl halides is 6. The molecule has 0 spiro atoms. The molecular weight excluding hydrogens is 438 g/mol. The summed E-state index contributed by atoms with van der Waals surface area (Å²) >= 11 is 0. The molecule has 0 unspecified atom stereocenters. The molecule has 1 aromatic heterocycles. The van der Waals surface area contributed by atoms with E-state index in [1.54, 1.807) is 0 Å². The van der Waals surface area contributed by atoms with Crippen molar-refractivity contribution >= 4 is 11.9 Å². The molecule has 0 amide bonds. The van der Waals surface area contributed by atoms with Gasteiger partial charge in [0.25, 0.3) is 0 Å². The van der Waals surface area contributed by atoms with Crippen LogP contribution in [-0.2, 0) is 36.3 Å². The summed E-state index contributed by atoms with van der Waals surface area (Å²) in [6.45, 7) is 5.69. The second-order valence-corrected chi connectivity index (χ2v) is 7.11. The molecule has 178 valence electrons. The SMILES string of the molecule is CN1Cc2c(CN3CCCCC3)nn(C)c2C1.O=C(O)C(F)(F)F.O=C(O)C(F)(F)F. The van der Waals surface area contributed by atoms with Crippen LogP contribution in [0.3, 0.4) is 0 Å². The van der Waals surface area contributed by atoms with Gasteiger partial charge in [-0.05, 0) is 33.0 Å². The fraction of sp³-hybridized carbons (Fsp3) is 0.706. The first kappa shape index (κ1) is 26.7. The van der Waals surface area contributed by atoms with Crippen LogP contribution >= 0.6 is 0 Å². The van der Waals surface area contributed by atoms with Crippen LogP contribution in [0.1, 0.15) is 36.2 Å². The van der Waals surface area contributed by atoms with Gasteiger partial charge in [-0.1, -0.05) is 6.42 Å². The summed E-state index contributed by atoms with van der Waals surface area (Å²) in [6, 6.07) is 0. The van der Waals surface area contributed by atoms with Crippen molar-refractivity contribution < 1.29 is 46.1 Å². The standard InChI is InChI=1S/C13H22N4.2C2HF3O2/c1-15-8-11-12(14-16(2)13(11)10-15)9-17-6-4-3-5-7-17;2*3-2(4,5)1(6)7/h3-10H2,1-2H3;2*(H,6,7). The summed E-state index contributed by atoms with van der Waals surface area (Å²) in [5.74, 6) is -5.51. The minimum atomic E-state index is -5.08. The Bertz CT molecular complexity index is 733. The number of likely N-dealkylation sites (tertiary alicyclic amines) is 1. The fourth-order valence-corrected chi connectivity index (χ4v) is 3.08. The summed E-state index contributed by atoms with van der Waals surface area (Å²) in [5, 5.41) is 19.0. The number of hydrogen-bond acceptors (Lipinski definition) is 5. The summed E-state index contributed by atoms with van der Waals surface area (Å²) in [4.78, 5) is 22.7. The molecule has 1 aromatic rings. The molecular formula is C17H24F6N4O4. The van der Waals surface area contributed by atoms with E-state index in [1.807, 2.05) is 0 Å². The first-order valence-electron chi connectivity index (χ1n) is 9.17. The van der Waals surface area contributed by atoms with Crippen LogP contribution in [0.2, 0.25) is 0 Å². The summed E-state index contributed by atoms with van der Waals surface area (Å²) in [6.07, 6.45) is -6.05. The number of nitrogens with zero attached hydrogens (tertiary/aromatic N) is 4. The highest BCUT2D eigenvalue weighted by atomic mass is 19.4. The highest BCUT2D eigenvalue weighted by Crippen LogP contribution is 2.25. The van der Waals surface area contributed by atoms with E-state index < -0.39 is 24.3 Å². The molecule has 0 aliphatic carbocycles. The average molecular weight is 462 g/mol. The van der Waals surface area contributed by atoms with E-state index in [4.69, 9.17) is 24.9 Å². The zero-order valence-corrected chi connectivity index (χ0v) is 16.9. The Morgan fingerprint density at radius 3 is 1.77 bits per heavy atom. The van der Waals surface area contributed by atoms with E-state index in [2.05, 4.69) is 28.6 Å². The lowest BCUT2D eigenvalue weighted by Crippen LogP contribution is -2.29. The van der Waals surface area contributed by atoms with Crippen molar-refractivity contribution in [2.75, 3.05) is 20.1 Å². The van der Waals surface area contributed by atoms with Gasteiger partial charge in [-0.15, -0.1) is 0 Å². The van der Waals surface area contributed by atoms with Gasteiger partial charge in [0.2, 0.25) is 0 Å². The van der Waals surface area contributed by atoms with Gasteiger partial charge in [-0.25, -0.2) is 9.59 Å². The Morgan fingerprint density at radius 2 is 1.35 bits per heavy atom. The molecule has 3 heterocycles. The highest BCUT2D eigenvalue weighted by molar-refractivity contribution is 5.73. The van der Waals surface area contributed by atoms with Crippen molar-refractivity contribution in [1.29, 1.82) is 0 Å². The number of aromatic nitrogens is 2. The Morgan fingerprint density at radius 1 is 0.903 bits per heavy atom. The minimum absolute atomic E-state index is 1.05. The van der Waals surface area contributed by atoms with Gasteiger partial charge in [0.15, 0.2) is 0 Å². The predicted octanol–water partition coefficient (Wildman–Crippen LogP) is 2.62. The first-order chi connectivity index (χ1) is 14.1. The second kappa shape index (κ2) is 10.8. The molecule has 14 heteroatoms. The number of carboxylic acid groups (broad SMARTS) is 2. The molecule has 2 aliphatic rings. The van der Waals surface area contributed by atoms with Crippen LogP contribution in [-0.4, -0.2) is 74.2 Å². The number of carbonyl (C=O) groups is 2. The molecule has 1 saturated heterocycles. The van der Waals surface area contributed by atoms with Crippen molar-refractivity contribution in [3.63, 3.8) is 0 Å². The Kier molecular flexibility index (Phi) is 9.29. The fourth-order valence-electron chi connectivity index (χ4n) is 3.08. The lowest BCUT2D eigenvalue weighted by atomic mass is 10.1. The molecule has 0 aromatic carbocycles. The van der Waals surface area contributed by atoms with Crippen LogP contribution in [0.15, 0.2) is 0 Å². The van der Waals surface area contributed by atoms with Crippen molar-refractivity contribution in [1.82, 2.24) is 19.6 Å². The zero-order valence-electron chi connectivity index (χ0n) is 16.9. The van der Waals surface area contributed by atoms with Crippen molar-refractivity contribution in [2.24, 2.45) is 7.05 Å². The third kappa shape index (κ3) is 8.73. The molecule has 2 aliphatic heterocycles. The highest BCUT2D eigenvalue weighted by Gasteiger charge is 2.38. The smallest absolute Gasteiger partial charge is 0.475 e. The lowest BCUT2D eigenvalue weighted by Gasteiger charge is -2.25. The minimum Gasteiger partial charge on any atom is -0.475 e. The summed E-state index contributed by atoms with van der Waals surface area (Å²) < 4.78 is 65.6. The molecule has 8 nitrogen and oxygen atoms in total. The monoisotopic (exact) mass is 462 g/mol. The Labute approximate surface area is 174 Å². The number of piperidine rings is 1. The maximum atomic E-state index is 10.6. The lowest BCUT2D eigenvalue weighted by molar-refractivity contribution is -0.193. The molecule has 2 N–H and O–H groups in total. The average Bonchev–Trinajstić information content (AvgIpc) is 3.14. The van der Waals surface area contributed by atoms with Crippen molar-refractivity contribution in [3.8, 4) is 0 Å². The van der Waals surface area contributed by atoms with E-state index >= 15 is 0 Å². The van der Waals surface area contributed by atoms with Gasteiger partial charge in [0.1, 0.15) is 0 Å². The van der Waals surface area contributed by atoms with E-state index in [9.17, 15) is 26.3 Å². The number of aliphatic carboxylic acids is 2. The number of aryl methyl sites for hydroxylation is 1. The van der Waals surface area contributed by atoms with Gasteiger partial charge in [-0.3, -0.25) is 14.5 Å². The summed E-state index contributed by atoms with van der Waals surface area (Å²) in [7, 11) is 4.27. The van der Waals surface area contributed by atoms with E-state index in [1.165, 1.54) is 49.3 Å². The number of carboxylic acids is 2. The van der Waals surface area contributed by atoms with Gasteiger partial charge in [0, 0.05) is 32.2 Å². The quantitative estimate of drug-likeness (QED) is 0.652. The molecule has 0 bridgehead atoms. The third-order valence-electron chi connectivity index (χ3n) is 4.51. The zero-order chi connectivity index (χ0) is 24.0. The van der Waals surface area contributed by atoms with Gasteiger partial charge >= 0.3 is 24.3 Å². The Balaban J connectivity index is 0.000000288. The first-order valence-corrected chi connectivity index (χ1v) is 9.17. The number of rotatable bonds is 2. The summed E-state index contributed by atoms with van der Waals surface area (Å²) in [5.41, 5.74) is 4.22. The van der Waals surface area contributed by atoms with E-state index in [-0.39, 0.29) is 0 Å². The van der Waals surface area contributed by atoms with Crippen LogP contribution < -0.4 is 0 Å². The molecule has 0 saturated carbocycles. The third-order valence-corrected chi connectivity index (χ3v) is 4.51. The molecule has 1 fully saturated rings. The van der Waals surface area contributed by atoms with Crippen LogP contribution in [0, 0.1) is 0 Å². The van der Waals surface area contributed by atoms with Crippen LogP contribution in [0.4, 0.5) is 26.3 Å². The number of fused-ring (bicyclic) bond motifs is 1. The van der Waals surface area contributed by atoms with Crippen molar-refractivity contribution in [3.05, 3.63) is 17.0 Å².